The van der Waals surface area contributed by atoms with Crippen molar-refractivity contribution in [2.75, 3.05) is 5.75 Å². The summed E-state index contributed by atoms with van der Waals surface area (Å²) < 4.78 is 0. The van der Waals surface area contributed by atoms with E-state index in [1.54, 1.807) is 11.8 Å². The van der Waals surface area contributed by atoms with Crippen LogP contribution in [0.2, 0.25) is 0 Å². The number of hydrogen-bond acceptors (Lipinski definition) is 3. The van der Waals surface area contributed by atoms with E-state index in [-0.39, 0.29) is 5.57 Å². The Hall–Kier alpha value is -1.71. The topological polar surface area (TPSA) is 47.6 Å². The van der Waals surface area contributed by atoms with Crippen molar-refractivity contribution in [1.82, 2.24) is 0 Å². The van der Waals surface area contributed by atoms with Crippen LogP contribution in [0.25, 0.3) is 5.57 Å². The van der Waals surface area contributed by atoms with E-state index in [4.69, 9.17) is 10.5 Å². The molecule has 0 saturated carbocycles. The molecular formula is C13H10N2S. The molecule has 1 aromatic rings. The second-order valence-electron chi connectivity index (χ2n) is 3.53. The van der Waals surface area contributed by atoms with Gasteiger partial charge in [-0.1, -0.05) is 18.2 Å². The molecule has 2 nitrogen and oxygen atoms in total. The van der Waals surface area contributed by atoms with E-state index in [2.05, 4.69) is 6.07 Å². The van der Waals surface area contributed by atoms with Crippen LogP contribution < -0.4 is 0 Å². The summed E-state index contributed by atoms with van der Waals surface area (Å²) in [5.41, 5.74) is 2.23. The maximum atomic E-state index is 8.96. The third-order valence-corrected chi connectivity index (χ3v) is 3.73. The van der Waals surface area contributed by atoms with Crippen molar-refractivity contribution < 1.29 is 0 Å². The second-order valence-corrected chi connectivity index (χ2v) is 4.66. The number of nitrogens with zero attached hydrogens (tertiary/aromatic N) is 2. The normalized spacial score (nSPS) is 14.2. The molecule has 0 N–H and O–H groups in total. The van der Waals surface area contributed by atoms with Gasteiger partial charge in [0.15, 0.2) is 0 Å². The lowest BCUT2D eigenvalue weighted by Gasteiger charge is -2.07. The van der Waals surface area contributed by atoms with Gasteiger partial charge in [0, 0.05) is 4.90 Å². The van der Waals surface area contributed by atoms with Crippen molar-refractivity contribution in [2.45, 2.75) is 17.7 Å². The van der Waals surface area contributed by atoms with Crippen molar-refractivity contribution in [3.05, 3.63) is 35.4 Å². The minimum Gasteiger partial charge on any atom is -0.192 e. The number of rotatable bonds is 0. The van der Waals surface area contributed by atoms with Gasteiger partial charge in [0.2, 0.25) is 0 Å². The van der Waals surface area contributed by atoms with E-state index in [0.29, 0.717) is 0 Å². The zero-order valence-electron chi connectivity index (χ0n) is 8.73. The van der Waals surface area contributed by atoms with Gasteiger partial charge in [-0.2, -0.15) is 10.5 Å². The summed E-state index contributed by atoms with van der Waals surface area (Å²) in [4.78, 5) is 1.18. The maximum Gasteiger partial charge on any atom is 0.133 e. The van der Waals surface area contributed by atoms with Crippen LogP contribution in [-0.2, 0) is 0 Å². The summed E-state index contributed by atoms with van der Waals surface area (Å²) in [7, 11) is 0. The first-order chi connectivity index (χ1) is 7.86. The zero-order valence-corrected chi connectivity index (χ0v) is 9.55. The maximum absolute atomic E-state index is 8.96. The molecule has 78 valence electrons. The predicted octanol–water partition coefficient (Wildman–Crippen LogP) is 3.37. The van der Waals surface area contributed by atoms with Crippen LogP contribution in [0, 0.1) is 22.7 Å². The smallest absolute Gasteiger partial charge is 0.133 e. The molecule has 0 spiro atoms. The van der Waals surface area contributed by atoms with Crippen LogP contribution in [0.15, 0.2) is 34.7 Å². The van der Waals surface area contributed by atoms with Gasteiger partial charge in [-0.3, -0.25) is 0 Å². The minimum absolute atomic E-state index is 0.259. The van der Waals surface area contributed by atoms with E-state index in [1.165, 1.54) is 4.90 Å². The molecule has 3 heteroatoms. The highest BCUT2D eigenvalue weighted by Crippen LogP contribution is 2.36. The lowest BCUT2D eigenvalue weighted by molar-refractivity contribution is 0.991. The van der Waals surface area contributed by atoms with Crippen LogP contribution in [0.4, 0.5) is 0 Å². The van der Waals surface area contributed by atoms with Crippen LogP contribution in [0.1, 0.15) is 18.4 Å². The molecule has 0 fully saturated rings. The molecule has 1 heterocycles. The average molecular weight is 226 g/mol. The number of nitriles is 2. The summed E-state index contributed by atoms with van der Waals surface area (Å²) in [6, 6.07) is 12.0. The van der Waals surface area contributed by atoms with Gasteiger partial charge >= 0.3 is 0 Å². The Balaban J connectivity index is 2.62. The number of thioether (sulfide) groups is 1. The van der Waals surface area contributed by atoms with E-state index in [1.807, 2.05) is 30.3 Å². The molecule has 16 heavy (non-hydrogen) atoms. The van der Waals surface area contributed by atoms with Gasteiger partial charge in [-0.25, -0.2) is 0 Å². The largest absolute Gasteiger partial charge is 0.192 e. The molecule has 1 aromatic carbocycles. The number of hydrogen-bond donors (Lipinski definition) is 0. The highest BCUT2D eigenvalue weighted by atomic mass is 32.2. The molecule has 1 aliphatic rings. The molecule has 0 aromatic heterocycles. The lowest BCUT2D eigenvalue weighted by atomic mass is 9.97. The Morgan fingerprint density at radius 1 is 1.19 bits per heavy atom. The first-order valence-electron chi connectivity index (χ1n) is 5.12. The highest BCUT2D eigenvalue weighted by molar-refractivity contribution is 7.99. The first-order valence-corrected chi connectivity index (χ1v) is 6.11. The summed E-state index contributed by atoms with van der Waals surface area (Å²) in [6.07, 6.45) is 1.84. The Labute approximate surface area is 99.2 Å². The van der Waals surface area contributed by atoms with E-state index in [9.17, 15) is 0 Å². The second kappa shape index (κ2) is 4.88. The molecule has 0 bridgehead atoms. The summed E-state index contributed by atoms with van der Waals surface area (Å²) in [6.45, 7) is 0. The monoisotopic (exact) mass is 226 g/mol. The number of benzene rings is 1. The third kappa shape index (κ3) is 1.96. The van der Waals surface area contributed by atoms with Gasteiger partial charge in [-0.15, -0.1) is 11.8 Å². The van der Waals surface area contributed by atoms with Gasteiger partial charge in [0.1, 0.15) is 17.7 Å². The van der Waals surface area contributed by atoms with E-state index < -0.39 is 0 Å². The van der Waals surface area contributed by atoms with Crippen LogP contribution >= 0.6 is 11.8 Å². The Morgan fingerprint density at radius 2 is 1.94 bits per heavy atom. The fourth-order valence-electron chi connectivity index (χ4n) is 1.83. The number of fused-ring (bicyclic) bond motifs is 1. The summed E-state index contributed by atoms with van der Waals surface area (Å²) in [5, 5.41) is 17.9. The molecule has 0 atom stereocenters. The Morgan fingerprint density at radius 3 is 2.69 bits per heavy atom. The molecular weight excluding hydrogens is 216 g/mol. The van der Waals surface area contributed by atoms with E-state index in [0.717, 1.165) is 29.7 Å². The van der Waals surface area contributed by atoms with Crippen molar-refractivity contribution in [3.8, 4) is 12.1 Å². The van der Waals surface area contributed by atoms with Crippen LogP contribution in [0.3, 0.4) is 0 Å². The van der Waals surface area contributed by atoms with Crippen molar-refractivity contribution >= 4 is 17.3 Å². The summed E-state index contributed by atoms with van der Waals surface area (Å²) >= 11 is 1.80. The van der Waals surface area contributed by atoms with Gasteiger partial charge in [0.25, 0.3) is 0 Å². The Kier molecular flexibility index (Phi) is 3.29. The van der Waals surface area contributed by atoms with Gasteiger partial charge in [-0.05, 0) is 35.8 Å². The fourth-order valence-corrected chi connectivity index (χ4v) is 2.86. The van der Waals surface area contributed by atoms with Crippen LogP contribution in [0.5, 0.6) is 0 Å². The third-order valence-electron chi connectivity index (χ3n) is 2.57. The molecule has 0 amide bonds. The van der Waals surface area contributed by atoms with Gasteiger partial charge < -0.3 is 0 Å². The molecule has 0 saturated heterocycles. The molecule has 2 rings (SSSR count). The molecule has 0 unspecified atom stereocenters. The highest BCUT2D eigenvalue weighted by Gasteiger charge is 2.16. The predicted molar refractivity (Wildman–Crippen MR) is 64.5 cm³/mol. The molecule has 0 aliphatic carbocycles. The molecule has 1 aliphatic heterocycles. The minimum atomic E-state index is 0.259. The van der Waals surface area contributed by atoms with Crippen molar-refractivity contribution in [3.63, 3.8) is 0 Å². The van der Waals surface area contributed by atoms with E-state index >= 15 is 0 Å². The molecule has 0 radical (unpaired) electrons. The SMILES string of the molecule is N#CC(C#N)=C1CCCSc2ccccc21. The summed E-state index contributed by atoms with van der Waals surface area (Å²) in [5.74, 6) is 1.05. The lowest BCUT2D eigenvalue weighted by Crippen LogP contribution is -1.89. The zero-order chi connectivity index (χ0) is 11.4. The standard InChI is InChI=1S/C13H10N2S/c14-8-10(9-15)11-5-3-7-16-13-6-2-1-4-12(11)13/h1-2,4,6H,3,5,7H2. The Bertz CT molecular complexity index is 501. The van der Waals surface area contributed by atoms with Crippen LogP contribution in [-0.4, -0.2) is 5.75 Å². The van der Waals surface area contributed by atoms with Crippen molar-refractivity contribution in [1.29, 1.82) is 10.5 Å². The fraction of sp³-hybridized carbons (Fsp3) is 0.231. The number of allylic oxidation sites excluding steroid dienone is 2. The van der Waals surface area contributed by atoms with Crippen molar-refractivity contribution in [2.24, 2.45) is 0 Å². The first kappa shape index (κ1) is 10.8. The quantitative estimate of drug-likeness (QED) is 0.637. The average Bonchev–Trinajstić information content (AvgIpc) is 2.54. The van der Waals surface area contributed by atoms with Gasteiger partial charge in [0.05, 0.1) is 0 Å².